The number of nitrogens with zero attached hydrogens (tertiary/aromatic N) is 1. The van der Waals surface area contributed by atoms with Gasteiger partial charge in [0, 0.05) is 0 Å². The highest BCUT2D eigenvalue weighted by atomic mass is 28.3. The fourth-order valence-corrected chi connectivity index (χ4v) is 1.50. The Morgan fingerprint density at radius 1 is 1.24 bits per heavy atom. The van der Waals surface area contributed by atoms with Gasteiger partial charge in [-0.05, 0) is 12.1 Å². The number of halogens is 3. The van der Waals surface area contributed by atoms with Gasteiger partial charge in [0.15, 0.2) is 0 Å². The Hall–Kier alpha value is -1.48. The second-order valence-electron chi connectivity index (χ2n) is 4.63. The van der Waals surface area contributed by atoms with Crippen molar-refractivity contribution in [3.63, 3.8) is 0 Å². The van der Waals surface area contributed by atoms with Crippen LogP contribution >= 0.6 is 0 Å². The standard InChI is InChI=1S/C11H13F3N2Si/c1-17(2,3)7-6-8-4-5-9(11(12,13)14)16-10(8)15/h4-5H,1-3H3,(H2,15,16). The molecular formula is C11H13F3N2Si. The molecule has 0 spiro atoms. The molecule has 2 nitrogen and oxygen atoms in total. The Morgan fingerprint density at radius 2 is 1.82 bits per heavy atom. The van der Waals surface area contributed by atoms with Gasteiger partial charge in [0.1, 0.15) is 19.6 Å². The van der Waals surface area contributed by atoms with E-state index in [0.29, 0.717) is 5.56 Å². The van der Waals surface area contributed by atoms with Crippen LogP contribution in [0.5, 0.6) is 0 Å². The second-order valence-corrected chi connectivity index (χ2v) is 9.38. The number of anilines is 1. The van der Waals surface area contributed by atoms with Crippen LogP contribution in [-0.4, -0.2) is 13.1 Å². The smallest absolute Gasteiger partial charge is 0.383 e. The van der Waals surface area contributed by atoms with Crippen LogP contribution in [0.4, 0.5) is 19.0 Å². The lowest BCUT2D eigenvalue weighted by Gasteiger charge is -2.07. The second kappa shape index (κ2) is 4.41. The zero-order valence-corrected chi connectivity index (χ0v) is 10.8. The highest BCUT2D eigenvalue weighted by Gasteiger charge is 2.32. The topological polar surface area (TPSA) is 38.9 Å². The molecular weight excluding hydrogens is 245 g/mol. The molecule has 0 bridgehead atoms. The van der Waals surface area contributed by atoms with Crippen molar-refractivity contribution in [2.45, 2.75) is 25.8 Å². The van der Waals surface area contributed by atoms with Crippen molar-refractivity contribution in [1.29, 1.82) is 0 Å². The van der Waals surface area contributed by atoms with Crippen LogP contribution < -0.4 is 5.73 Å². The van der Waals surface area contributed by atoms with Crippen molar-refractivity contribution in [3.05, 3.63) is 23.4 Å². The molecule has 0 aromatic carbocycles. The monoisotopic (exact) mass is 258 g/mol. The van der Waals surface area contributed by atoms with E-state index in [2.05, 4.69) is 16.4 Å². The third-order valence-electron chi connectivity index (χ3n) is 1.79. The highest BCUT2D eigenvalue weighted by molar-refractivity contribution is 6.83. The van der Waals surface area contributed by atoms with Gasteiger partial charge in [0.05, 0.1) is 5.56 Å². The lowest BCUT2D eigenvalue weighted by atomic mass is 10.2. The number of nitrogen functional groups attached to an aromatic ring is 1. The zero-order valence-electron chi connectivity index (χ0n) is 9.81. The number of alkyl halides is 3. The molecule has 1 heterocycles. The van der Waals surface area contributed by atoms with Crippen LogP contribution in [0.2, 0.25) is 19.6 Å². The maximum Gasteiger partial charge on any atom is 0.433 e. The van der Waals surface area contributed by atoms with Crippen molar-refractivity contribution < 1.29 is 13.2 Å². The van der Waals surface area contributed by atoms with Crippen LogP contribution in [-0.2, 0) is 6.18 Å². The minimum absolute atomic E-state index is 0.175. The largest absolute Gasteiger partial charge is 0.433 e. The highest BCUT2D eigenvalue weighted by Crippen LogP contribution is 2.28. The minimum Gasteiger partial charge on any atom is -0.383 e. The molecule has 0 aliphatic heterocycles. The van der Waals surface area contributed by atoms with E-state index >= 15 is 0 Å². The van der Waals surface area contributed by atoms with Gasteiger partial charge in [-0.3, -0.25) is 0 Å². The molecule has 0 saturated carbocycles. The van der Waals surface area contributed by atoms with E-state index in [9.17, 15) is 13.2 Å². The van der Waals surface area contributed by atoms with Crippen LogP contribution in [0.1, 0.15) is 11.3 Å². The molecule has 1 aromatic heterocycles. The molecule has 0 aliphatic rings. The lowest BCUT2D eigenvalue weighted by molar-refractivity contribution is -0.141. The Labute approximate surface area is 99.1 Å². The number of hydrogen-bond donors (Lipinski definition) is 1. The van der Waals surface area contributed by atoms with E-state index in [-0.39, 0.29) is 5.82 Å². The Morgan fingerprint density at radius 3 is 2.24 bits per heavy atom. The van der Waals surface area contributed by atoms with Gasteiger partial charge in [0.2, 0.25) is 0 Å². The summed E-state index contributed by atoms with van der Waals surface area (Å²) in [7, 11) is -1.58. The van der Waals surface area contributed by atoms with Gasteiger partial charge < -0.3 is 5.73 Å². The van der Waals surface area contributed by atoms with Gasteiger partial charge in [-0.15, -0.1) is 5.54 Å². The predicted molar refractivity (Wildman–Crippen MR) is 63.9 cm³/mol. The van der Waals surface area contributed by atoms with Crippen molar-refractivity contribution in [2.24, 2.45) is 0 Å². The van der Waals surface area contributed by atoms with E-state index < -0.39 is 19.9 Å². The van der Waals surface area contributed by atoms with Gasteiger partial charge >= 0.3 is 6.18 Å². The van der Waals surface area contributed by atoms with Crippen LogP contribution in [0.25, 0.3) is 0 Å². The molecule has 17 heavy (non-hydrogen) atoms. The van der Waals surface area contributed by atoms with Gasteiger partial charge in [-0.1, -0.05) is 25.6 Å². The molecule has 0 aliphatic carbocycles. The van der Waals surface area contributed by atoms with Crippen molar-refractivity contribution in [3.8, 4) is 11.5 Å². The quantitative estimate of drug-likeness (QED) is 0.574. The van der Waals surface area contributed by atoms with E-state index in [0.717, 1.165) is 6.07 Å². The maximum atomic E-state index is 12.3. The first-order valence-electron chi connectivity index (χ1n) is 4.96. The third kappa shape index (κ3) is 4.11. The first-order chi connectivity index (χ1) is 7.59. The molecule has 6 heteroatoms. The molecule has 1 rings (SSSR count). The average Bonchev–Trinajstić information content (AvgIpc) is 2.12. The fourth-order valence-electron chi connectivity index (χ4n) is 0.993. The number of pyridine rings is 1. The third-order valence-corrected chi connectivity index (χ3v) is 2.66. The SMILES string of the molecule is C[Si](C)(C)C#Cc1ccc(C(F)(F)F)nc1N. The minimum atomic E-state index is -4.47. The van der Waals surface area contributed by atoms with Crippen LogP contribution in [0.3, 0.4) is 0 Å². The summed E-state index contributed by atoms with van der Waals surface area (Å²) in [5, 5.41) is 0. The number of hydrogen-bond acceptors (Lipinski definition) is 2. The van der Waals surface area contributed by atoms with E-state index in [1.807, 2.05) is 19.6 Å². The van der Waals surface area contributed by atoms with Crippen molar-refractivity contribution in [1.82, 2.24) is 4.98 Å². The fraction of sp³-hybridized carbons (Fsp3) is 0.364. The maximum absolute atomic E-state index is 12.3. The lowest BCUT2D eigenvalue weighted by Crippen LogP contribution is -2.16. The number of aromatic nitrogens is 1. The van der Waals surface area contributed by atoms with Crippen molar-refractivity contribution >= 4 is 13.9 Å². The van der Waals surface area contributed by atoms with E-state index in [4.69, 9.17) is 5.73 Å². The zero-order chi connectivity index (χ0) is 13.3. The summed E-state index contributed by atoms with van der Waals surface area (Å²) in [6.07, 6.45) is -4.47. The molecule has 0 saturated heterocycles. The molecule has 92 valence electrons. The Bertz CT molecular complexity index is 478. The van der Waals surface area contributed by atoms with Crippen LogP contribution in [0.15, 0.2) is 12.1 Å². The average molecular weight is 258 g/mol. The van der Waals surface area contributed by atoms with Crippen LogP contribution in [0, 0.1) is 11.5 Å². The van der Waals surface area contributed by atoms with Gasteiger partial charge in [0.25, 0.3) is 0 Å². The summed E-state index contributed by atoms with van der Waals surface area (Å²) >= 11 is 0. The molecule has 1 aromatic rings. The van der Waals surface area contributed by atoms with Gasteiger partial charge in [-0.25, -0.2) is 4.98 Å². The summed E-state index contributed by atoms with van der Waals surface area (Å²) in [4.78, 5) is 3.31. The molecule has 0 fully saturated rings. The van der Waals surface area contributed by atoms with Crippen molar-refractivity contribution in [2.75, 3.05) is 5.73 Å². The summed E-state index contributed by atoms with van der Waals surface area (Å²) in [5.41, 5.74) is 7.83. The summed E-state index contributed by atoms with van der Waals surface area (Å²) in [6.45, 7) is 6.11. The molecule has 0 unspecified atom stereocenters. The number of rotatable bonds is 0. The van der Waals surface area contributed by atoms with E-state index in [1.54, 1.807) is 0 Å². The first kappa shape index (κ1) is 13.6. The summed E-state index contributed by atoms with van der Waals surface area (Å²) < 4.78 is 37.0. The number of nitrogens with two attached hydrogens (primary N) is 1. The Kier molecular flexibility index (Phi) is 3.53. The molecule has 0 atom stereocenters. The first-order valence-corrected chi connectivity index (χ1v) is 8.46. The molecule has 0 radical (unpaired) electrons. The molecule has 2 N–H and O–H groups in total. The van der Waals surface area contributed by atoms with Gasteiger partial charge in [-0.2, -0.15) is 13.2 Å². The van der Waals surface area contributed by atoms with E-state index in [1.165, 1.54) is 6.07 Å². The summed E-state index contributed by atoms with van der Waals surface area (Å²) in [5.74, 6) is 2.61. The Balaban J connectivity index is 3.10. The summed E-state index contributed by atoms with van der Waals surface area (Å²) in [6, 6.07) is 2.16. The normalized spacial score (nSPS) is 11.9. The predicted octanol–water partition coefficient (Wildman–Crippen LogP) is 2.91. The molecule has 0 amide bonds.